The van der Waals surface area contributed by atoms with Crippen LogP contribution in [-0.2, 0) is 9.53 Å². The maximum atomic E-state index is 13.6. The minimum Gasteiger partial charge on any atom is -0.383 e. The van der Waals surface area contributed by atoms with E-state index in [9.17, 15) is 14.0 Å². The second-order valence-corrected chi connectivity index (χ2v) is 7.43. The normalized spacial score (nSPS) is 19.9. The second-order valence-electron chi connectivity index (χ2n) is 7.43. The summed E-state index contributed by atoms with van der Waals surface area (Å²) in [7, 11) is 1.58. The summed E-state index contributed by atoms with van der Waals surface area (Å²) in [6, 6.07) is 4.84. The molecule has 2 atom stereocenters. The number of hydrogen-bond donors (Lipinski definition) is 2. The van der Waals surface area contributed by atoms with Crippen molar-refractivity contribution in [2.45, 2.75) is 39.2 Å². The van der Waals surface area contributed by atoms with E-state index in [1.54, 1.807) is 25.0 Å². The first kappa shape index (κ1) is 21.2. The molecule has 0 aromatic heterocycles. The zero-order chi connectivity index (χ0) is 20.0. The predicted molar refractivity (Wildman–Crippen MR) is 102 cm³/mol. The van der Waals surface area contributed by atoms with Gasteiger partial charge in [-0.05, 0) is 44.4 Å². The Morgan fingerprint density at radius 3 is 2.70 bits per heavy atom. The average Bonchev–Trinajstić information content (AvgIpc) is 2.63. The third kappa shape index (κ3) is 5.92. The quantitative estimate of drug-likeness (QED) is 0.746. The number of methoxy groups -OCH3 is 1. The lowest BCUT2D eigenvalue weighted by atomic mass is 9.83. The van der Waals surface area contributed by atoms with E-state index in [4.69, 9.17) is 4.74 Å². The second kappa shape index (κ2) is 9.69. The fraction of sp³-hybridized carbons (Fsp3) is 0.600. The number of nitrogens with one attached hydrogen (secondary N) is 2. The van der Waals surface area contributed by atoms with Crippen molar-refractivity contribution in [2.75, 3.05) is 33.4 Å². The Hall–Kier alpha value is -2.15. The van der Waals surface area contributed by atoms with Crippen molar-refractivity contribution in [3.63, 3.8) is 0 Å². The smallest absolute Gasteiger partial charge is 0.317 e. The molecule has 1 fully saturated rings. The van der Waals surface area contributed by atoms with Crippen LogP contribution >= 0.6 is 0 Å². The summed E-state index contributed by atoms with van der Waals surface area (Å²) in [6.45, 7) is 7.27. The van der Waals surface area contributed by atoms with Crippen LogP contribution in [0.3, 0.4) is 0 Å². The molecule has 1 saturated heterocycles. The number of rotatable bonds is 6. The van der Waals surface area contributed by atoms with Gasteiger partial charge in [-0.3, -0.25) is 4.79 Å². The molecule has 1 aromatic rings. The Bertz CT molecular complexity index is 666. The molecular formula is C20H30FN3O3. The van der Waals surface area contributed by atoms with Crippen LogP contribution in [0.25, 0.3) is 0 Å². The summed E-state index contributed by atoms with van der Waals surface area (Å²) in [5, 5.41) is 5.76. The van der Waals surface area contributed by atoms with E-state index in [0.29, 0.717) is 38.2 Å². The number of carbonyl (C=O) groups excluding carboxylic acids is 2. The topological polar surface area (TPSA) is 70.7 Å². The Labute approximate surface area is 160 Å². The van der Waals surface area contributed by atoms with Gasteiger partial charge in [-0.25, -0.2) is 9.18 Å². The van der Waals surface area contributed by atoms with Crippen molar-refractivity contribution in [3.05, 3.63) is 35.1 Å². The number of urea groups is 1. The first-order valence-electron chi connectivity index (χ1n) is 9.40. The van der Waals surface area contributed by atoms with Crippen molar-refractivity contribution < 1.29 is 18.7 Å². The first-order chi connectivity index (χ1) is 12.8. The molecule has 2 N–H and O–H groups in total. The van der Waals surface area contributed by atoms with Crippen LogP contribution in [-0.4, -0.2) is 56.2 Å². The molecule has 1 aliphatic rings. The molecule has 0 saturated carbocycles. The Kier molecular flexibility index (Phi) is 7.59. The van der Waals surface area contributed by atoms with E-state index in [0.717, 1.165) is 5.56 Å². The molecule has 0 radical (unpaired) electrons. The summed E-state index contributed by atoms with van der Waals surface area (Å²) in [6.07, 6.45) is 0.620. The molecule has 0 aliphatic carbocycles. The minimum atomic E-state index is -0.316. The van der Waals surface area contributed by atoms with Gasteiger partial charge in [0.1, 0.15) is 5.82 Å². The van der Waals surface area contributed by atoms with Crippen LogP contribution in [0.15, 0.2) is 18.2 Å². The predicted octanol–water partition coefficient (Wildman–Crippen LogP) is 2.42. The molecule has 0 spiro atoms. The van der Waals surface area contributed by atoms with Gasteiger partial charge in [0.15, 0.2) is 0 Å². The van der Waals surface area contributed by atoms with Crippen LogP contribution in [0.5, 0.6) is 0 Å². The average molecular weight is 379 g/mol. The Morgan fingerprint density at radius 2 is 2.07 bits per heavy atom. The molecule has 0 unspecified atom stereocenters. The van der Waals surface area contributed by atoms with E-state index in [1.807, 2.05) is 19.9 Å². The zero-order valence-electron chi connectivity index (χ0n) is 16.5. The number of likely N-dealkylation sites (tertiary alicyclic amines) is 1. The van der Waals surface area contributed by atoms with Gasteiger partial charge in [-0.1, -0.05) is 12.1 Å². The molecule has 3 amide bonds. The summed E-state index contributed by atoms with van der Waals surface area (Å²) in [5.41, 5.74) is 1.52. The molecule has 0 bridgehead atoms. The van der Waals surface area contributed by atoms with Gasteiger partial charge in [-0.15, -0.1) is 0 Å². The van der Waals surface area contributed by atoms with Gasteiger partial charge in [-0.2, -0.15) is 0 Å². The molecule has 27 heavy (non-hydrogen) atoms. The van der Waals surface area contributed by atoms with Crippen molar-refractivity contribution >= 4 is 11.9 Å². The number of piperidine rings is 1. The van der Waals surface area contributed by atoms with Gasteiger partial charge < -0.3 is 20.3 Å². The molecule has 7 heteroatoms. The number of nitrogens with zero attached hydrogens (tertiary/aromatic N) is 1. The van der Waals surface area contributed by atoms with E-state index >= 15 is 0 Å². The maximum absolute atomic E-state index is 13.6. The van der Waals surface area contributed by atoms with Gasteiger partial charge >= 0.3 is 6.03 Å². The SMILES string of the molecule is COCCNC(=O)[C@H]1C[C@H](c2ccc(F)c(C)c2)CN(C(=O)NC(C)C)C1. The maximum Gasteiger partial charge on any atom is 0.317 e. The standard InChI is InChI=1S/C20H30FN3O3/c1-13(2)23-20(26)24-11-16(15-5-6-18(21)14(3)9-15)10-17(12-24)19(25)22-7-8-27-4/h5-6,9,13,16-17H,7-8,10-12H2,1-4H3,(H,22,25)(H,23,26)/t16-,17-/m0/s1. The number of carbonyl (C=O) groups is 2. The molecule has 6 nitrogen and oxygen atoms in total. The van der Waals surface area contributed by atoms with Gasteiger partial charge in [0.05, 0.1) is 12.5 Å². The number of ether oxygens (including phenoxy) is 1. The number of halogens is 1. The van der Waals surface area contributed by atoms with Crippen molar-refractivity contribution in [1.29, 1.82) is 0 Å². The van der Waals surface area contributed by atoms with E-state index in [-0.39, 0.29) is 35.6 Å². The molecule has 1 aromatic carbocycles. The van der Waals surface area contributed by atoms with Crippen molar-refractivity contribution in [2.24, 2.45) is 5.92 Å². The van der Waals surface area contributed by atoms with Crippen LogP contribution in [0.1, 0.15) is 37.3 Å². The van der Waals surface area contributed by atoms with Gasteiger partial charge in [0.2, 0.25) is 5.91 Å². The highest BCUT2D eigenvalue weighted by atomic mass is 19.1. The summed E-state index contributed by atoms with van der Waals surface area (Å²) in [4.78, 5) is 26.8. The lowest BCUT2D eigenvalue weighted by Crippen LogP contribution is -2.52. The van der Waals surface area contributed by atoms with Crippen LogP contribution in [0.2, 0.25) is 0 Å². The third-order valence-corrected chi connectivity index (χ3v) is 4.78. The van der Waals surface area contributed by atoms with Gasteiger partial charge in [0, 0.05) is 38.7 Å². The van der Waals surface area contributed by atoms with Crippen LogP contribution in [0, 0.1) is 18.7 Å². The number of hydrogen-bond acceptors (Lipinski definition) is 3. The number of amides is 3. The van der Waals surface area contributed by atoms with Gasteiger partial charge in [0.25, 0.3) is 0 Å². The molecular weight excluding hydrogens is 349 g/mol. The Balaban J connectivity index is 2.18. The molecule has 2 rings (SSSR count). The summed E-state index contributed by atoms with van der Waals surface area (Å²) < 4.78 is 18.6. The highest BCUT2D eigenvalue weighted by Crippen LogP contribution is 2.31. The lowest BCUT2D eigenvalue weighted by molar-refractivity contribution is -0.126. The van der Waals surface area contributed by atoms with E-state index in [2.05, 4.69) is 10.6 Å². The Morgan fingerprint density at radius 1 is 1.33 bits per heavy atom. The zero-order valence-corrected chi connectivity index (χ0v) is 16.5. The monoisotopic (exact) mass is 379 g/mol. The van der Waals surface area contributed by atoms with E-state index in [1.165, 1.54) is 6.07 Å². The highest BCUT2D eigenvalue weighted by molar-refractivity contribution is 5.81. The molecule has 1 heterocycles. The lowest BCUT2D eigenvalue weighted by Gasteiger charge is -2.38. The minimum absolute atomic E-state index is 0.0138. The van der Waals surface area contributed by atoms with Crippen molar-refractivity contribution in [1.82, 2.24) is 15.5 Å². The van der Waals surface area contributed by atoms with Crippen LogP contribution < -0.4 is 10.6 Å². The first-order valence-corrected chi connectivity index (χ1v) is 9.40. The summed E-state index contributed by atoms with van der Waals surface area (Å²) in [5.74, 6) is -0.672. The third-order valence-electron chi connectivity index (χ3n) is 4.78. The fourth-order valence-electron chi connectivity index (χ4n) is 3.38. The molecule has 1 aliphatic heterocycles. The van der Waals surface area contributed by atoms with Crippen LogP contribution in [0.4, 0.5) is 9.18 Å². The number of aryl methyl sites for hydroxylation is 1. The number of benzene rings is 1. The molecule has 150 valence electrons. The fourth-order valence-corrected chi connectivity index (χ4v) is 3.38. The highest BCUT2D eigenvalue weighted by Gasteiger charge is 2.34. The largest absolute Gasteiger partial charge is 0.383 e. The summed E-state index contributed by atoms with van der Waals surface area (Å²) >= 11 is 0. The van der Waals surface area contributed by atoms with Crippen molar-refractivity contribution in [3.8, 4) is 0 Å². The van der Waals surface area contributed by atoms with E-state index < -0.39 is 0 Å².